The Morgan fingerprint density at radius 3 is 2.76 bits per heavy atom. The summed E-state index contributed by atoms with van der Waals surface area (Å²) in [5.41, 5.74) is 3.38. The number of carbonyl (C=O) groups excluding carboxylic acids is 1. The number of nitrogens with one attached hydrogen (secondary N) is 1. The largest absolute Gasteiger partial charge is 0.348 e. The molecule has 2 aromatic rings. The molecule has 1 aromatic carbocycles. The van der Waals surface area contributed by atoms with E-state index in [0.29, 0.717) is 11.6 Å². The van der Waals surface area contributed by atoms with Crippen molar-refractivity contribution in [3.63, 3.8) is 0 Å². The molecule has 29 heavy (non-hydrogen) atoms. The first-order chi connectivity index (χ1) is 14.2. The third kappa shape index (κ3) is 4.11. The predicted molar refractivity (Wildman–Crippen MR) is 114 cm³/mol. The number of hydrogen-bond donors (Lipinski definition) is 1. The Morgan fingerprint density at radius 1 is 1.17 bits per heavy atom. The topological polar surface area (TPSA) is 58.1 Å². The Hall–Kier alpha value is -2.14. The van der Waals surface area contributed by atoms with Crippen LogP contribution >= 0.6 is 11.6 Å². The molecule has 5 nitrogen and oxygen atoms in total. The van der Waals surface area contributed by atoms with Crippen LogP contribution in [0.1, 0.15) is 53.6 Å². The van der Waals surface area contributed by atoms with E-state index in [-0.39, 0.29) is 5.91 Å². The Balaban J connectivity index is 1.05. The number of aromatic nitrogens is 2. The Morgan fingerprint density at radius 2 is 1.97 bits per heavy atom. The molecule has 1 amide bonds. The van der Waals surface area contributed by atoms with Crippen molar-refractivity contribution in [3.05, 3.63) is 52.3 Å². The molecule has 3 aliphatic rings. The molecule has 2 fully saturated rings. The van der Waals surface area contributed by atoms with Gasteiger partial charge in [-0.25, -0.2) is 9.97 Å². The van der Waals surface area contributed by atoms with Crippen molar-refractivity contribution in [1.82, 2.24) is 15.3 Å². The van der Waals surface area contributed by atoms with Gasteiger partial charge < -0.3 is 10.2 Å². The van der Waals surface area contributed by atoms with Crippen LogP contribution < -0.4 is 10.2 Å². The molecule has 0 spiro atoms. The van der Waals surface area contributed by atoms with Crippen molar-refractivity contribution in [2.45, 2.75) is 45.1 Å². The number of carbonyl (C=O) groups is 1. The van der Waals surface area contributed by atoms with Gasteiger partial charge in [0.15, 0.2) is 0 Å². The maximum Gasteiger partial charge on any atom is 0.251 e. The van der Waals surface area contributed by atoms with E-state index in [9.17, 15) is 4.79 Å². The fourth-order valence-corrected chi connectivity index (χ4v) is 5.28. The fourth-order valence-electron chi connectivity index (χ4n) is 5.19. The van der Waals surface area contributed by atoms with Gasteiger partial charge in [-0.2, -0.15) is 0 Å². The molecule has 1 N–H and O–H groups in total. The van der Waals surface area contributed by atoms with E-state index >= 15 is 0 Å². The number of nitrogens with zero attached hydrogens (tertiary/aromatic N) is 3. The van der Waals surface area contributed by atoms with Crippen molar-refractivity contribution in [2.75, 3.05) is 18.0 Å². The number of amides is 1. The van der Waals surface area contributed by atoms with Gasteiger partial charge in [0, 0.05) is 25.2 Å². The van der Waals surface area contributed by atoms with E-state index in [4.69, 9.17) is 11.6 Å². The number of fused-ring (bicyclic) bond motifs is 1. The summed E-state index contributed by atoms with van der Waals surface area (Å²) in [5.74, 6) is 3.58. The van der Waals surface area contributed by atoms with E-state index in [1.807, 2.05) is 6.07 Å². The molecule has 2 atom stereocenters. The van der Waals surface area contributed by atoms with Gasteiger partial charge in [-0.05, 0) is 73.5 Å². The second kappa shape index (κ2) is 7.94. The molecule has 0 radical (unpaired) electrons. The zero-order valence-electron chi connectivity index (χ0n) is 16.6. The van der Waals surface area contributed by atoms with Crippen molar-refractivity contribution in [2.24, 2.45) is 17.8 Å². The van der Waals surface area contributed by atoms with Gasteiger partial charge in [0.2, 0.25) is 5.95 Å². The first kappa shape index (κ1) is 18.9. The van der Waals surface area contributed by atoms with Gasteiger partial charge >= 0.3 is 0 Å². The van der Waals surface area contributed by atoms with Crippen molar-refractivity contribution >= 4 is 23.5 Å². The van der Waals surface area contributed by atoms with Crippen LogP contribution in [-0.4, -0.2) is 29.0 Å². The number of piperidine rings is 1. The van der Waals surface area contributed by atoms with Crippen molar-refractivity contribution in [3.8, 4) is 0 Å². The summed E-state index contributed by atoms with van der Waals surface area (Å²) in [7, 11) is 0. The minimum atomic E-state index is 0.0704. The lowest BCUT2D eigenvalue weighted by Gasteiger charge is -2.32. The van der Waals surface area contributed by atoms with Crippen LogP contribution in [0.2, 0.25) is 5.02 Å². The number of anilines is 1. The number of benzene rings is 1. The van der Waals surface area contributed by atoms with Crippen LogP contribution in [0, 0.1) is 17.8 Å². The maximum absolute atomic E-state index is 11.7. The summed E-state index contributed by atoms with van der Waals surface area (Å²) in [6.07, 6.45) is 11.0. The predicted octanol–water partition coefficient (Wildman–Crippen LogP) is 4.25. The lowest BCUT2D eigenvalue weighted by Crippen LogP contribution is -2.35. The lowest BCUT2D eigenvalue weighted by atomic mass is 9.90. The highest BCUT2D eigenvalue weighted by Gasteiger charge is 2.42. The second-order valence-electron chi connectivity index (χ2n) is 8.75. The van der Waals surface area contributed by atoms with Gasteiger partial charge in [-0.3, -0.25) is 4.79 Å². The third-order valence-corrected chi connectivity index (χ3v) is 7.10. The SMILES string of the molecule is O=C1NCc2cc(CCCC3C[C@@H]3C3CCN(c4ncc(Cl)cn4)CC3)ccc21. The van der Waals surface area contributed by atoms with E-state index < -0.39 is 0 Å². The van der Waals surface area contributed by atoms with Crippen LogP contribution in [-0.2, 0) is 13.0 Å². The summed E-state index contributed by atoms with van der Waals surface area (Å²) in [6.45, 7) is 2.79. The molecule has 2 aliphatic heterocycles. The first-order valence-electron chi connectivity index (χ1n) is 10.8. The minimum absolute atomic E-state index is 0.0704. The highest BCUT2D eigenvalue weighted by atomic mass is 35.5. The molecule has 6 heteroatoms. The third-order valence-electron chi connectivity index (χ3n) is 6.91. The van der Waals surface area contributed by atoms with Crippen molar-refractivity contribution < 1.29 is 4.79 Å². The summed E-state index contributed by atoms with van der Waals surface area (Å²) >= 11 is 5.89. The van der Waals surface area contributed by atoms with E-state index in [1.165, 1.54) is 37.7 Å². The van der Waals surface area contributed by atoms with Crippen molar-refractivity contribution in [1.29, 1.82) is 0 Å². The van der Waals surface area contributed by atoms with Gasteiger partial charge in [0.25, 0.3) is 5.91 Å². The zero-order chi connectivity index (χ0) is 19.8. The molecule has 3 heterocycles. The minimum Gasteiger partial charge on any atom is -0.348 e. The lowest BCUT2D eigenvalue weighted by molar-refractivity contribution is 0.0966. The highest BCUT2D eigenvalue weighted by Crippen LogP contribution is 2.50. The normalized spacial score (nSPS) is 23.8. The van der Waals surface area contributed by atoms with Gasteiger partial charge in [0.05, 0.1) is 17.4 Å². The van der Waals surface area contributed by atoms with Crippen LogP contribution in [0.4, 0.5) is 5.95 Å². The average molecular weight is 411 g/mol. The molecule has 0 bridgehead atoms. The van der Waals surface area contributed by atoms with Crippen LogP contribution in [0.25, 0.3) is 0 Å². The smallest absolute Gasteiger partial charge is 0.251 e. The molecule has 1 unspecified atom stereocenters. The quantitative estimate of drug-likeness (QED) is 0.773. The van der Waals surface area contributed by atoms with E-state index in [1.54, 1.807) is 12.4 Å². The van der Waals surface area contributed by atoms with Gasteiger partial charge in [-0.15, -0.1) is 0 Å². The molecular formula is C23H27ClN4O. The number of hydrogen-bond acceptors (Lipinski definition) is 4. The van der Waals surface area contributed by atoms with E-state index in [0.717, 1.165) is 54.3 Å². The maximum atomic E-state index is 11.7. The molecule has 152 valence electrons. The molecule has 1 aromatic heterocycles. The average Bonchev–Trinajstić information content (AvgIpc) is 3.43. The molecular weight excluding hydrogens is 384 g/mol. The Bertz CT molecular complexity index is 892. The monoisotopic (exact) mass is 410 g/mol. The Labute approximate surface area is 176 Å². The van der Waals surface area contributed by atoms with Crippen LogP contribution in [0.5, 0.6) is 0 Å². The molecule has 1 aliphatic carbocycles. The summed E-state index contributed by atoms with van der Waals surface area (Å²) in [6, 6.07) is 6.33. The number of aryl methyl sites for hydroxylation is 1. The number of rotatable bonds is 6. The summed E-state index contributed by atoms with van der Waals surface area (Å²) < 4.78 is 0. The standard InChI is InChI=1S/C23H27ClN4O/c24-19-13-26-23(27-14-19)28-8-6-16(7-9-28)21-11-17(21)3-1-2-15-4-5-20-18(10-15)12-25-22(20)29/h4-5,10,13-14,16-17,21H,1-3,6-9,11-12H2,(H,25,29)/t17?,21-/m1/s1. The summed E-state index contributed by atoms with van der Waals surface area (Å²) in [5, 5.41) is 3.49. The summed E-state index contributed by atoms with van der Waals surface area (Å²) in [4.78, 5) is 22.7. The van der Waals surface area contributed by atoms with Gasteiger partial charge in [-0.1, -0.05) is 23.7 Å². The Kier molecular flexibility index (Phi) is 5.17. The fraction of sp³-hybridized carbons (Fsp3) is 0.522. The van der Waals surface area contributed by atoms with E-state index in [2.05, 4.69) is 32.3 Å². The molecule has 5 rings (SSSR count). The second-order valence-corrected chi connectivity index (χ2v) is 9.19. The number of halogens is 1. The van der Waals surface area contributed by atoms with Crippen LogP contribution in [0.15, 0.2) is 30.6 Å². The zero-order valence-corrected chi connectivity index (χ0v) is 17.4. The van der Waals surface area contributed by atoms with Crippen LogP contribution in [0.3, 0.4) is 0 Å². The highest BCUT2D eigenvalue weighted by molar-refractivity contribution is 6.30. The van der Waals surface area contributed by atoms with Gasteiger partial charge in [0.1, 0.15) is 0 Å². The molecule has 1 saturated carbocycles. The first-order valence-corrected chi connectivity index (χ1v) is 11.2. The molecule has 1 saturated heterocycles.